The third kappa shape index (κ3) is 2.54. The van der Waals surface area contributed by atoms with Crippen LogP contribution in [0.3, 0.4) is 0 Å². The van der Waals surface area contributed by atoms with E-state index >= 15 is 0 Å². The standard InChI is InChI=1S/C7H9Br2NO3/c8-3-1-5(13-7(3)9)6(12)4(10)2-11/h1,4,6,11-12H,2,10H2. The molecule has 0 amide bonds. The Labute approximate surface area is 92.0 Å². The SMILES string of the molecule is NC(CO)C(O)c1cc(Br)c(Br)o1. The maximum Gasteiger partial charge on any atom is 0.183 e. The molecule has 1 rings (SSSR count). The molecule has 0 spiro atoms. The summed E-state index contributed by atoms with van der Waals surface area (Å²) in [6.07, 6.45) is -0.993. The number of halogens is 2. The van der Waals surface area contributed by atoms with Crippen molar-refractivity contribution in [3.8, 4) is 0 Å². The lowest BCUT2D eigenvalue weighted by atomic mass is 10.1. The average Bonchev–Trinajstić information content (AvgIpc) is 2.44. The molecule has 0 radical (unpaired) electrons. The summed E-state index contributed by atoms with van der Waals surface area (Å²) in [5.41, 5.74) is 5.42. The van der Waals surface area contributed by atoms with E-state index in [0.717, 1.165) is 0 Å². The zero-order chi connectivity index (χ0) is 10.0. The lowest BCUT2D eigenvalue weighted by molar-refractivity contribution is 0.0895. The first-order chi connectivity index (χ1) is 6.06. The van der Waals surface area contributed by atoms with Gasteiger partial charge in [0.25, 0.3) is 0 Å². The Bertz CT molecular complexity index is 270. The monoisotopic (exact) mass is 313 g/mol. The summed E-state index contributed by atoms with van der Waals surface area (Å²) in [6.45, 7) is -0.295. The summed E-state index contributed by atoms with van der Waals surface area (Å²) in [7, 11) is 0. The zero-order valence-corrected chi connectivity index (χ0v) is 9.75. The number of rotatable bonds is 3. The number of furan rings is 1. The van der Waals surface area contributed by atoms with E-state index in [4.69, 9.17) is 15.3 Å². The fourth-order valence-corrected chi connectivity index (χ4v) is 1.43. The third-order valence-corrected chi connectivity index (χ3v) is 3.28. The first-order valence-corrected chi connectivity index (χ1v) is 5.14. The highest BCUT2D eigenvalue weighted by Gasteiger charge is 2.20. The van der Waals surface area contributed by atoms with Gasteiger partial charge in [-0.1, -0.05) is 0 Å². The molecular weight excluding hydrogens is 306 g/mol. The number of hydrogen-bond acceptors (Lipinski definition) is 4. The first-order valence-electron chi connectivity index (χ1n) is 3.55. The van der Waals surface area contributed by atoms with E-state index in [1.807, 2.05) is 0 Å². The first kappa shape index (κ1) is 11.2. The molecule has 2 unspecified atom stereocenters. The molecule has 0 aliphatic carbocycles. The van der Waals surface area contributed by atoms with Gasteiger partial charge in [0.05, 0.1) is 17.1 Å². The molecule has 1 heterocycles. The second-order valence-electron chi connectivity index (χ2n) is 2.56. The summed E-state index contributed by atoms with van der Waals surface area (Å²) in [6, 6.07) is 0.870. The topological polar surface area (TPSA) is 79.6 Å². The molecule has 0 aliphatic heterocycles. The van der Waals surface area contributed by atoms with Gasteiger partial charge >= 0.3 is 0 Å². The zero-order valence-electron chi connectivity index (χ0n) is 6.58. The lowest BCUT2D eigenvalue weighted by Crippen LogP contribution is -2.31. The highest BCUT2D eigenvalue weighted by Crippen LogP contribution is 2.30. The molecule has 2 atom stereocenters. The second-order valence-corrected chi connectivity index (χ2v) is 4.14. The highest BCUT2D eigenvalue weighted by atomic mass is 79.9. The predicted molar refractivity (Wildman–Crippen MR) is 54.1 cm³/mol. The largest absolute Gasteiger partial charge is 0.450 e. The molecule has 4 N–H and O–H groups in total. The Hall–Kier alpha value is 0.120. The molecule has 4 nitrogen and oxygen atoms in total. The van der Waals surface area contributed by atoms with Crippen LogP contribution in [0.4, 0.5) is 0 Å². The average molecular weight is 315 g/mol. The molecule has 6 heteroatoms. The van der Waals surface area contributed by atoms with E-state index in [1.165, 1.54) is 0 Å². The molecule has 74 valence electrons. The normalized spacial score (nSPS) is 15.8. The van der Waals surface area contributed by atoms with Crippen LogP contribution in [0.2, 0.25) is 0 Å². The smallest absolute Gasteiger partial charge is 0.183 e. The number of aliphatic hydroxyl groups excluding tert-OH is 2. The van der Waals surface area contributed by atoms with E-state index in [-0.39, 0.29) is 6.61 Å². The van der Waals surface area contributed by atoms with E-state index < -0.39 is 12.1 Å². The summed E-state index contributed by atoms with van der Waals surface area (Å²) >= 11 is 6.33. The summed E-state index contributed by atoms with van der Waals surface area (Å²) in [4.78, 5) is 0. The van der Waals surface area contributed by atoms with Crippen LogP contribution in [0.15, 0.2) is 19.6 Å². The number of hydrogen-bond donors (Lipinski definition) is 3. The van der Waals surface area contributed by atoms with E-state index in [0.29, 0.717) is 14.9 Å². The van der Waals surface area contributed by atoms with Gasteiger partial charge in [-0.15, -0.1) is 0 Å². The molecule has 0 aliphatic rings. The Morgan fingerprint density at radius 2 is 2.15 bits per heavy atom. The predicted octanol–water partition coefficient (Wildman–Crippen LogP) is 1.16. The van der Waals surface area contributed by atoms with Gasteiger partial charge in [-0.25, -0.2) is 0 Å². The number of aliphatic hydroxyl groups is 2. The summed E-state index contributed by atoms with van der Waals surface area (Å²) in [5, 5.41) is 18.2. The second kappa shape index (κ2) is 4.56. The Morgan fingerprint density at radius 3 is 2.54 bits per heavy atom. The highest BCUT2D eigenvalue weighted by molar-refractivity contribution is 9.13. The molecule has 0 fully saturated rings. The van der Waals surface area contributed by atoms with Crippen molar-refractivity contribution in [2.45, 2.75) is 12.1 Å². The maximum absolute atomic E-state index is 9.51. The van der Waals surface area contributed by atoms with Crippen molar-refractivity contribution in [2.75, 3.05) is 6.61 Å². The van der Waals surface area contributed by atoms with Gasteiger partial charge in [0.1, 0.15) is 11.9 Å². The third-order valence-electron chi connectivity index (χ3n) is 1.57. The maximum atomic E-state index is 9.51. The van der Waals surface area contributed by atoms with Crippen LogP contribution in [0.1, 0.15) is 11.9 Å². The van der Waals surface area contributed by atoms with E-state index in [2.05, 4.69) is 31.9 Å². The molecule has 0 saturated carbocycles. The fraction of sp³-hybridized carbons (Fsp3) is 0.429. The van der Waals surface area contributed by atoms with Crippen LogP contribution >= 0.6 is 31.9 Å². The minimum Gasteiger partial charge on any atom is -0.450 e. The Kier molecular flexibility index (Phi) is 3.93. The van der Waals surface area contributed by atoms with Crippen LogP contribution < -0.4 is 5.73 Å². The molecule has 1 aromatic rings. The molecule has 0 bridgehead atoms. The van der Waals surface area contributed by atoms with Crippen LogP contribution in [-0.4, -0.2) is 22.9 Å². The molecular formula is C7H9Br2NO3. The van der Waals surface area contributed by atoms with Crippen molar-refractivity contribution in [3.63, 3.8) is 0 Å². The van der Waals surface area contributed by atoms with Gasteiger partial charge in [0.2, 0.25) is 0 Å². The van der Waals surface area contributed by atoms with Crippen LogP contribution in [0.25, 0.3) is 0 Å². The van der Waals surface area contributed by atoms with Crippen molar-refractivity contribution in [1.82, 2.24) is 0 Å². The minimum atomic E-state index is -0.993. The Morgan fingerprint density at radius 1 is 1.54 bits per heavy atom. The van der Waals surface area contributed by atoms with Crippen molar-refractivity contribution in [1.29, 1.82) is 0 Å². The van der Waals surface area contributed by atoms with Crippen molar-refractivity contribution in [3.05, 3.63) is 21.0 Å². The molecule has 0 saturated heterocycles. The lowest BCUT2D eigenvalue weighted by Gasteiger charge is -2.13. The summed E-state index contributed by atoms with van der Waals surface area (Å²) < 4.78 is 6.32. The molecule has 13 heavy (non-hydrogen) atoms. The van der Waals surface area contributed by atoms with Crippen molar-refractivity contribution in [2.24, 2.45) is 5.73 Å². The van der Waals surface area contributed by atoms with Crippen molar-refractivity contribution >= 4 is 31.9 Å². The van der Waals surface area contributed by atoms with E-state index in [1.54, 1.807) is 6.07 Å². The number of nitrogens with two attached hydrogens (primary N) is 1. The van der Waals surface area contributed by atoms with Gasteiger partial charge in [-0.3, -0.25) is 0 Å². The van der Waals surface area contributed by atoms with Gasteiger partial charge < -0.3 is 20.4 Å². The van der Waals surface area contributed by atoms with Gasteiger partial charge in [-0.05, 0) is 37.9 Å². The van der Waals surface area contributed by atoms with Gasteiger partial charge in [0, 0.05) is 0 Å². The van der Waals surface area contributed by atoms with Gasteiger partial charge in [0.15, 0.2) is 4.67 Å². The van der Waals surface area contributed by atoms with E-state index in [9.17, 15) is 5.11 Å². The quantitative estimate of drug-likeness (QED) is 0.782. The minimum absolute atomic E-state index is 0.295. The van der Waals surface area contributed by atoms with Crippen LogP contribution in [0, 0.1) is 0 Å². The van der Waals surface area contributed by atoms with Crippen LogP contribution in [-0.2, 0) is 0 Å². The van der Waals surface area contributed by atoms with Crippen LogP contribution in [0.5, 0.6) is 0 Å². The fourth-order valence-electron chi connectivity index (χ4n) is 0.820. The summed E-state index contributed by atoms with van der Waals surface area (Å²) in [5.74, 6) is 0.320. The molecule has 0 aromatic carbocycles. The molecule has 1 aromatic heterocycles. The van der Waals surface area contributed by atoms with Gasteiger partial charge in [-0.2, -0.15) is 0 Å². The van der Waals surface area contributed by atoms with Crippen molar-refractivity contribution < 1.29 is 14.6 Å². The Balaban J connectivity index is 2.82.